The third-order valence-corrected chi connectivity index (χ3v) is 4.53. The topological polar surface area (TPSA) is 53.7 Å². The van der Waals surface area contributed by atoms with Gasteiger partial charge in [0, 0.05) is 12.1 Å². The number of nitrogens with two attached hydrogens (primary N) is 1. The number of hydrogen-bond acceptors (Lipinski definition) is 5. The zero-order chi connectivity index (χ0) is 14.7. The van der Waals surface area contributed by atoms with E-state index in [4.69, 9.17) is 19.9 Å². The molecule has 0 aliphatic heterocycles. The van der Waals surface area contributed by atoms with Crippen molar-refractivity contribution < 1.29 is 14.2 Å². The molecule has 2 N–H and O–H groups in total. The van der Waals surface area contributed by atoms with Crippen molar-refractivity contribution in [1.29, 1.82) is 0 Å². The van der Waals surface area contributed by atoms with E-state index in [1.807, 2.05) is 11.4 Å². The lowest BCUT2D eigenvalue weighted by Gasteiger charge is -2.19. The Hall–Kier alpha value is -1.24. The Kier molecular flexibility index (Phi) is 4.91. The van der Waals surface area contributed by atoms with E-state index < -0.39 is 0 Å². The minimum Gasteiger partial charge on any atom is -0.496 e. The van der Waals surface area contributed by atoms with Crippen LogP contribution in [0.25, 0.3) is 0 Å². The van der Waals surface area contributed by atoms with Crippen LogP contribution in [0.3, 0.4) is 0 Å². The van der Waals surface area contributed by atoms with E-state index in [2.05, 4.69) is 15.9 Å². The lowest BCUT2D eigenvalue weighted by molar-refractivity contribution is 0.366. The van der Waals surface area contributed by atoms with Crippen LogP contribution in [0.4, 0.5) is 0 Å². The Labute approximate surface area is 130 Å². The smallest absolute Gasteiger partial charge is 0.131 e. The molecule has 2 aromatic rings. The Morgan fingerprint density at radius 1 is 1.05 bits per heavy atom. The summed E-state index contributed by atoms with van der Waals surface area (Å²) in [6.07, 6.45) is 0. The third kappa shape index (κ3) is 2.92. The zero-order valence-corrected chi connectivity index (χ0v) is 13.9. The molecule has 0 bridgehead atoms. The molecule has 0 amide bonds. The Balaban J connectivity index is 2.53. The van der Waals surface area contributed by atoms with Crippen LogP contribution in [0.5, 0.6) is 17.2 Å². The summed E-state index contributed by atoms with van der Waals surface area (Å²) in [5.41, 5.74) is 8.17. The predicted molar refractivity (Wildman–Crippen MR) is 84.1 cm³/mol. The maximum atomic E-state index is 6.36. The lowest BCUT2D eigenvalue weighted by atomic mass is 9.99. The standard InChI is InChI=1S/C14H16BrNO3S/c1-17-9-5-10(18-2)13(11(6-9)19-3)14(16)8-4-12(15)20-7-8/h4-7,14H,16H2,1-3H3. The second-order valence-corrected chi connectivity index (χ2v) is 6.40. The fourth-order valence-electron chi connectivity index (χ4n) is 1.99. The van der Waals surface area contributed by atoms with Crippen molar-refractivity contribution >= 4 is 27.3 Å². The van der Waals surface area contributed by atoms with Gasteiger partial charge in [0.25, 0.3) is 0 Å². The number of ether oxygens (including phenoxy) is 3. The molecule has 0 saturated heterocycles. The van der Waals surface area contributed by atoms with Crippen LogP contribution in [-0.2, 0) is 0 Å². The average Bonchev–Trinajstić information content (AvgIpc) is 2.91. The van der Waals surface area contributed by atoms with Gasteiger partial charge in [0.2, 0.25) is 0 Å². The first kappa shape index (κ1) is 15.2. The monoisotopic (exact) mass is 357 g/mol. The van der Waals surface area contributed by atoms with Crippen LogP contribution in [0.15, 0.2) is 27.4 Å². The van der Waals surface area contributed by atoms with Crippen molar-refractivity contribution in [3.63, 3.8) is 0 Å². The highest BCUT2D eigenvalue weighted by Crippen LogP contribution is 2.40. The van der Waals surface area contributed by atoms with Crippen LogP contribution >= 0.6 is 27.3 Å². The molecule has 20 heavy (non-hydrogen) atoms. The minimum absolute atomic E-state index is 0.326. The molecule has 1 aromatic heterocycles. The second kappa shape index (κ2) is 6.47. The van der Waals surface area contributed by atoms with Gasteiger partial charge in [-0.25, -0.2) is 0 Å². The molecule has 0 aliphatic carbocycles. The fourth-order valence-corrected chi connectivity index (χ4v) is 3.20. The van der Waals surface area contributed by atoms with Crippen molar-refractivity contribution in [2.75, 3.05) is 21.3 Å². The van der Waals surface area contributed by atoms with Gasteiger partial charge in [0.1, 0.15) is 17.2 Å². The normalized spacial score (nSPS) is 12.1. The molecule has 2 rings (SSSR count). The van der Waals surface area contributed by atoms with Gasteiger partial charge in [0.05, 0.1) is 36.7 Å². The van der Waals surface area contributed by atoms with Gasteiger partial charge >= 0.3 is 0 Å². The van der Waals surface area contributed by atoms with Crippen molar-refractivity contribution in [3.05, 3.63) is 38.5 Å². The van der Waals surface area contributed by atoms with Gasteiger partial charge in [-0.3, -0.25) is 0 Å². The van der Waals surface area contributed by atoms with E-state index >= 15 is 0 Å². The summed E-state index contributed by atoms with van der Waals surface area (Å²) in [5, 5.41) is 2.01. The van der Waals surface area contributed by atoms with Crippen LogP contribution in [0, 0.1) is 0 Å². The average molecular weight is 358 g/mol. The van der Waals surface area contributed by atoms with E-state index in [0.29, 0.717) is 17.2 Å². The molecule has 4 nitrogen and oxygen atoms in total. The summed E-state index contributed by atoms with van der Waals surface area (Å²) in [5.74, 6) is 1.97. The molecule has 1 atom stereocenters. The van der Waals surface area contributed by atoms with Crippen LogP contribution in [0.2, 0.25) is 0 Å². The van der Waals surface area contributed by atoms with E-state index in [-0.39, 0.29) is 6.04 Å². The quantitative estimate of drug-likeness (QED) is 0.888. The summed E-state index contributed by atoms with van der Waals surface area (Å²) in [6, 6.07) is 5.28. The molecule has 1 heterocycles. The molecule has 0 fully saturated rings. The van der Waals surface area contributed by atoms with Crippen molar-refractivity contribution in [1.82, 2.24) is 0 Å². The number of hydrogen-bond donors (Lipinski definition) is 1. The maximum Gasteiger partial charge on any atom is 0.131 e. The van der Waals surface area contributed by atoms with Crippen molar-refractivity contribution in [3.8, 4) is 17.2 Å². The van der Waals surface area contributed by atoms with Crippen LogP contribution in [0.1, 0.15) is 17.2 Å². The minimum atomic E-state index is -0.326. The second-order valence-electron chi connectivity index (χ2n) is 4.11. The first-order valence-corrected chi connectivity index (χ1v) is 7.57. The van der Waals surface area contributed by atoms with E-state index in [1.165, 1.54) is 0 Å². The number of benzene rings is 1. The summed E-state index contributed by atoms with van der Waals surface area (Å²) < 4.78 is 17.1. The summed E-state index contributed by atoms with van der Waals surface area (Å²) in [4.78, 5) is 0. The van der Waals surface area contributed by atoms with E-state index in [9.17, 15) is 0 Å². The van der Waals surface area contributed by atoms with Gasteiger partial charge in [-0.05, 0) is 32.9 Å². The Morgan fingerprint density at radius 2 is 1.65 bits per heavy atom. The van der Waals surface area contributed by atoms with Gasteiger partial charge < -0.3 is 19.9 Å². The highest BCUT2D eigenvalue weighted by atomic mass is 79.9. The van der Waals surface area contributed by atoms with Gasteiger partial charge in [-0.2, -0.15) is 0 Å². The molecule has 108 valence electrons. The number of methoxy groups -OCH3 is 3. The fraction of sp³-hybridized carbons (Fsp3) is 0.286. The van der Waals surface area contributed by atoms with Crippen LogP contribution in [-0.4, -0.2) is 21.3 Å². The molecule has 0 spiro atoms. The highest BCUT2D eigenvalue weighted by Gasteiger charge is 2.21. The predicted octanol–water partition coefficient (Wildman–Crippen LogP) is 3.58. The Bertz CT molecular complexity index is 575. The Morgan fingerprint density at radius 3 is 2.05 bits per heavy atom. The van der Waals surface area contributed by atoms with Crippen molar-refractivity contribution in [2.24, 2.45) is 5.73 Å². The lowest BCUT2D eigenvalue weighted by Crippen LogP contribution is -2.14. The van der Waals surface area contributed by atoms with E-state index in [0.717, 1.165) is 14.9 Å². The maximum absolute atomic E-state index is 6.36. The molecule has 6 heteroatoms. The first-order valence-electron chi connectivity index (χ1n) is 5.90. The van der Waals surface area contributed by atoms with Gasteiger partial charge in [-0.1, -0.05) is 0 Å². The molecule has 0 saturated carbocycles. The molecular formula is C14H16BrNO3S. The number of rotatable bonds is 5. The zero-order valence-electron chi connectivity index (χ0n) is 11.5. The molecule has 1 unspecified atom stereocenters. The molecule has 0 aliphatic rings. The molecular weight excluding hydrogens is 342 g/mol. The van der Waals surface area contributed by atoms with Crippen LogP contribution < -0.4 is 19.9 Å². The van der Waals surface area contributed by atoms with Gasteiger partial charge in [-0.15, -0.1) is 11.3 Å². The number of halogens is 1. The molecule has 0 radical (unpaired) electrons. The summed E-state index contributed by atoms with van der Waals surface area (Å²) >= 11 is 5.04. The van der Waals surface area contributed by atoms with E-state index in [1.54, 1.807) is 44.8 Å². The highest BCUT2D eigenvalue weighted by molar-refractivity contribution is 9.11. The van der Waals surface area contributed by atoms with Crippen molar-refractivity contribution in [2.45, 2.75) is 6.04 Å². The molecule has 1 aromatic carbocycles. The summed E-state index contributed by atoms with van der Waals surface area (Å²) in [7, 11) is 4.81. The largest absolute Gasteiger partial charge is 0.496 e. The SMILES string of the molecule is COc1cc(OC)c(C(N)c2csc(Br)c2)c(OC)c1. The third-order valence-electron chi connectivity index (χ3n) is 3.01. The first-order chi connectivity index (χ1) is 9.60. The summed E-state index contributed by atoms with van der Waals surface area (Å²) in [6.45, 7) is 0. The van der Waals surface area contributed by atoms with Gasteiger partial charge in [0.15, 0.2) is 0 Å². The number of thiophene rings is 1.